The van der Waals surface area contributed by atoms with Crippen molar-refractivity contribution in [3.8, 4) is 0 Å². The molecule has 3 aromatic heterocycles. The number of amides is 1. The van der Waals surface area contributed by atoms with Crippen molar-refractivity contribution in [1.29, 1.82) is 0 Å². The van der Waals surface area contributed by atoms with Crippen LogP contribution in [0.15, 0.2) is 40.9 Å². The van der Waals surface area contributed by atoms with E-state index in [1.54, 1.807) is 6.20 Å². The Morgan fingerprint density at radius 3 is 2.72 bits per heavy atom. The van der Waals surface area contributed by atoms with Crippen LogP contribution < -0.4 is 0 Å². The number of likely N-dealkylation sites (tertiary alicyclic amines) is 1. The monoisotopic (exact) mass is 335 g/mol. The zero-order valence-corrected chi connectivity index (χ0v) is 14.5. The van der Waals surface area contributed by atoms with Crippen LogP contribution >= 0.6 is 0 Å². The zero-order valence-electron chi connectivity index (χ0n) is 14.5. The van der Waals surface area contributed by atoms with Crippen LogP contribution in [0.5, 0.6) is 0 Å². The van der Waals surface area contributed by atoms with E-state index in [2.05, 4.69) is 17.1 Å². The minimum absolute atomic E-state index is 0.0703. The fraction of sp³-hybridized carbons (Fsp3) is 0.350. The highest BCUT2D eigenvalue weighted by Gasteiger charge is 2.27. The summed E-state index contributed by atoms with van der Waals surface area (Å²) in [5.74, 6) is 1.93. The number of furan rings is 1. The lowest BCUT2D eigenvalue weighted by molar-refractivity contribution is 0.0710. The molecule has 0 unspecified atom stereocenters. The highest BCUT2D eigenvalue weighted by Crippen LogP contribution is 2.29. The molecule has 0 saturated carbocycles. The molecule has 0 spiro atoms. The molecule has 0 aliphatic carbocycles. The van der Waals surface area contributed by atoms with Gasteiger partial charge in [-0.15, -0.1) is 0 Å². The normalized spacial score (nSPS) is 15.7. The first-order chi connectivity index (χ1) is 12.1. The molecule has 0 atom stereocenters. The molecule has 0 radical (unpaired) electrons. The summed E-state index contributed by atoms with van der Waals surface area (Å²) in [5, 5.41) is 1.06. The molecule has 0 bridgehead atoms. The van der Waals surface area contributed by atoms with Crippen molar-refractivity contribution < 1.29 is 9.21 Å². The Balaban J connectivity index is 1.47. The van der Waals surface area contributed by atoms with Crippen LogP contribution in [0.3, 0.4) is 0 Å². The summed E-state index contributed by atoms with van der Waals surface area (Å²) >= 11 is 0. The van der Waals surface area contributed by atoms with E-state index in [0.717, 1.165) is 48.4 Å². The Kier molecular flexibility index (Phi) is 3.99. The van der Waals surface area contributed by atoms with Crippen molar-refractivity contribution in [3.05, 3.63) is 59.3 Å². The molecule has 25 heavy (non-hydrogen) atoms. The fourth-order valence-electron chi connectivity index (χ4n) is 3.59. The SMILES string of the molecule is Cc1cc(C(=O)N2CCC(c3ccc4cccnc4n3)CC2)c(C)o1. The second-order valence-electron chi connectivity index (χ2n) is 6.68. The number of rotatable bonds is 2. The molecule has 3 aromatic rings. The zero-order chi connectivity index (χ0) is 17.4. The van der Waals surface area contributed by atoms with Gasteiger partial charge >= 0.3 is 0 Å². The summed E-state index contributed by atoms with van der Waals surface area (Å²) in [6.45, 7) is 5.21. The maximum Gasteiger partial charge on any atom is 0.257 e. The van der Waals surface area contributed by atoms with Crippen molar-refractivity contribution in [2.45, 2.75) is 32.6 Å². The first-order valence-corrected chi connectivity index (χ1v) is 8.70. The number of nitrogens with zero attached hydrogens (tertiary/aromatic N) is 3. The van der Waals surface area contributed by atoms with Crippen molar-refractivity contribution in [1.82, 2.24) is 14.9 Å². The summed E-state index contributed by atoms with van der Waals surface area (Å²) in [4.78, 5) is 23.7. The number of hydrogen-bond acceptors (Lipinski definition) is 4. The Hall–Kier alpha value is -2.69. The predicted octanol–water partition coefficient (Wildman–Crippen LogP) is 3.86. The lowest BCUT2D eigenvalue weighted by Crippen LogP contribution is -2.38. The molecule has 1 aliphatic heterocycles. The molecule has 1 fully saturated rings. The third-order valence-corrected chi connectivity index (χ3v) is 4.96. The molecular formula is C20H21N3O2. The number of fused-ring (bicyclic) bond motifs is 1. The number of pyridine rings is 2. The van der Waals surface area contributed by atoms with Crippen LogP contribution in [-0.2, 0) is 0 Å². The molecule has 5 heteroatoms. The summed E-state index contributed by atoms with van der Waals surface area (Å²) in [7, 11) is 0. The average molecular weight is 335 g/mol. The van der Waals surface area contributed by atoms with Gasteiger partial charge in [0, 0.05) is 36.3 Å². The molecule has 1 saturated heterocycles. The minimum Gasteiger partial charge on any atom is -0.466 e. The topological polar surface area (TPSA) is 59.2 Å². The molecule has 1 aliphatic rings. The minimum atomic E-state index is 0.0703. The smallest absolute Gasteiger partial charge is 0.257 e. The van der Waals surface area contributed by atoms with E-state index in [9.17, 15) is 4.79 Å². The van der Waals surface area contributed by atoms with E-state index >= 15 is 0 Å². The van der Waals surface area contributed by atoms with Gasteiger partial charge in [-0.25, -0.2) is 9.97 Å². The lowest BCUT2D eigenvalue weighted by Gasteiger charge is -2.31. The second kappa shape index (κ2) is 6.31. The van der Waals surface area contributed by atoms with Gasteiger partial charge in [0.05, 0.1) is 5.56 Å². The first-order valence-electron chi connectivity index (χ1n) is 8.70. The van der Waals surface area contributed by atoms with Crippen LogP contribution in [0.1, 0.15) is 46.3 Å². The number of aromatic nitrogens is 2. The Bertz CT molecular complexity index is 924. The van der Waals surface area contributed by atoms with Crippen LogP contribution in [0, 0.1) is 13.8 Å². The third-order valence-electron chi connectivity index (χ3n) is 4.96. The van der Waals surface area contributed by atoms with Crippen molar-refractivity contribution in [3.63, 3.8) is 0 Å². The van der Waals surface area contributed by atoms with Gasteiger partial charge in [-0.3, -0.25) is 4.79 Å². The van der Waals surface area contributed by atoms with Crippen LogP contribution in [0.2, 0.25) is 0 Å². The van der Waals surface area contributed by atoms with Gasteiger partial charge in [0.2, 0.25) is 0 Å². The van der Waals surface area contributed by atoms with E-state index in [4.69, 9.17) is 9.40 Å². The van der Waals surface area contributed by atoms with Crippen molar-refractivity contribution in [2.24, 2.45) is 0 Å². The van der Waals surface area contributed by atoms with E-state index in [1.807, 2.05) is 36.9 Å². The maximum atomic E-state index is 12.7. The molecule has 5 nitrogen and oxygen atoms in total. The lowest BCUT2D eigenvalue weighted by atomic mass is 9.92. The Labute approximate surface area is 146 Å². The van der Waals surface area contributed by atoms with Crippen LogP contribution in [0.4, 0.5) is 0 Å². The van der Waals surface area contributed by atoms with Crippen molar-refractivity contribution in [2.75, 3.05) is 13.1 Å². The second-order valence-corrected chi connectivity index (χ2v) is 6.68. The van der Waals surface area contributed by atoms with Crippen LogP contribution in [0.25, 0.3) is 11.0 Å². The summed E-state index contributed by atoms with van der Waals surface area (Å²) < 4.78 is 5.49. The van der Waals surface area contributed by atoms with Gasteiger partial charge in [-0.1, -0.05) is 0 Å². The molecule has 1 amide bonds. The van der Waals surface area contributed by atoms with Gasteiger partial charge in [-0.2, -0.15) is 0 Å². The van der Waals surface area contributed by atoms with E-state index in [0.29, 0.717) is 17.2 Å². The third kappa shape index (κ3) is 3.02. The molecule has 0 N–H and O–H groups in total. The standard InChI is InChI=1S/C20H21N3O2/c1-13-12-17(14(2)25-13)20(24)23-10-7-15(8-11-23)18-6-5-16-4-3-9-21-19(16)22-18/h3-6,9,12,15H,7-8,10-11H2,1-2H3. The summed E-state index contributed by atoms with van der Waals surface area (Å²) in [5.41, 5.74) is 2.56. The maximum absolute atomic E-state index is 12.7. The van der Waals surface area contributed by atoms with E-state index < -0.39 is 0 Å². The molecular weight excluding hydrogens is 314 g/mol. The van der Waals surface area contributed by atoms with E-state index in [-0.39, 0.29) is 5.91 Å². The highest BCUT2D eigenvalue weighted by atomic mass is 16.3. The summed E-state index contributed by atoms with van der Waals surface area (Å²) in [6.07, 6.45) is 3.62. The average Bonchev–Trinajstić information content (AvgIpc) is 2.99. The van der Waals surface area contributed by atoms with Gasteiger partial charge in [0.25, 0.3) is 5.91 Å². The number of piperidine rings is 1. The Morgan fingerprint density at radius 2 is 2.00 bits per heavy atom. The van der Waals surface area contributed by atoms with Gasteiger partial charge in [0.15, 0.2) is 5.65 Å². The predicted molar refractivity (Wildman–Crippen MR) is 95.6 cm³/mol. The first kappa shape index (κ1) is 15.8. The Morgan fingerprint density at radius 1 is 1.20 bits per heavy atom. The van der Waals surface area contributed by atoms with Gasteiger partial charge in [-0.05, 0) is 57.0 Å². The van der Waals surface area contributed by atoms with Crippen LogP contribution in [-0.4, -0.2) is 33.9 Å². The molecule has 128 valence electrons. The largest absolute Gasteiger partial charge is 0.466 e. The number of carbonyl (C=O) groups is 1. The van der Waals surface area contributed by atoms with Gasteiger partial charge in [0.1, 0.15) is 11.5 Å². The quantitative estimate of drug-likeness (QED) is 0.713. The number of aryl methyl sites for hydroxylation is 2. The number of carbonyl (C=O) groups excluding carboxylic acids is 1. The molecule has 4 heterocycles. The summed E-state index contributed by atoms with van der Waals surface area (Å²) in [6, 6.07) is 9.96. The van der Waals surface area contributed by atoms with Gasteiger partial charge < -0.3 is 9.32 Å². The molecule has 0 aromatic carbocycles. The number of hydrogen-bond donors (Lipinski definition) is 0. The van der Waals surface area contributed by atoms with E-state index in [1.165, 1.54) is 0 Å². The fourth-order valence-corrected chi connectivity index (χ4v) is 3.59. The highest BCUT2D eigenvalue weighted by molar-refractivity contribution is 5.95. The van der Waals surface area contributed by atoms with Crippen molar-refractivity contribution >= 4 is 16.9 Å². The molecule has 4 rings (SSSR count).